The third kappa shape index (κ3) is 2.59. The summed E-state index contributed by atoms with van der Waals surface area (Å²) >= 11 is 1.50. The molecule has 4 rings (SSSR count). The lowest BCUT2D eigenvalue weighted by molar-refractivity contribution is -0.334. The molecule has 1 aromatic carbocycles. The number of hydrogen-bond donors (Lipinski definition) is 1. The average molecular weight is 369 g/mol. The third-order valence-electron chi connectivity index (χ3n) is 4.95. The summed E-state index contributed by atoms with van der Waals surface area (Å²) < 4.78 is 4.28. The maximum absolute atomic E-state index is 13.0. The second kappa shape index (κ2) is 6.25. The van der Waals surface area contributed by atoms with Crippen molar-refractivity contribution in [1.29, 1.82) is 0 Å². The molecule has 7 heteroatoms. The number of aryl methyl sites for hydroxylation is 1. The number of nitrogens with zero attached hydrogens (tertiary/aromatic N) is 2. The van der Waals surface area contributed by atoms with E-state index >= 15 is 0 Å². The van der Waals surface area contributed by atoms with Gasteiger partial charge < -0.3 is 4.57 Å². The van der Waals surface area contributed by atoms with E-state index < -0.39 is 0 Å². The molecule has 3 heterocycles. The molecular weight excluding hydrogens is 348 g/mol. The van der Waals surface area contributed by atoms with E-state index in [1.807, 2.05) is 31.2 Å². The first-order valence-corrected chi connectivity index (χ1v) is 9.57. The molecule has 0 spiro atoms. The summed E-state index contributed by atoms with van der Waals surface area (Å²) in [5, 5.41) is 4.36. The number of benzene rings is 1. The van der Waals surface area contributed by atoms with Gasteiger partial charge in [-0.3, -0.25) is 4.79 Å². The number of pyridine rings is 1. The third-order valence-corrected chi connectivity index (χ3v) is 6.00. The second-order valence-corrected chi connectivity index (χ2v) is 7.79. The summed E-state index contributed by atoms with van der Waals surface area (Å²) in [5.74, 6) is 0.376. The average Bonchev–Trinajstić information content (AvgIpc) is 3.19. The molecule has 0 amide bonds. The molecule has 0 aliphatic carbocycles. The molecule has 4 aromatic rings. The van der Waals surface area contributed by atoms with Gasteiger partial charge in [-0.25, -0.2) is 14.9 Å². The Morgan fingerprint density at radius 2 is 2.04 bits per heavy atom. The van der Waals surface area contributed by atoms with Gasteiger partial charge >= 0.3 is 10.7 Å². The molecule has 0 fully saturated rings. The fraction of sp³-hybridized carbons (Fsp3) is 0.316. The van der Waals surface area contributed by atoms with Crippen molar-refractivity contribution in [2.24, 2.45) is 5.92 Å². The molecular formula is C19H21N4O2S+. The molecule has 2 N–H and O–H groups in total. The van der Waals surface area contributed by atoms with Crippen molar-refractivity contribution in [2.75, 3.05) is 0 Å². The Labute approximate surface area is 153 Å². The Balaban J connectivity index is 1.93. The topological polar surface area (TPSA) is 73.9 Å². The van der Waals surface area contributed by atoms with Crippen LogP contribution in [0.3, 0.4) is 0 Å². The van der Waals surface area contributed by atoms with E-state index in [4.69, 9.17) is 0 Å². The van der Waals surface area contributed by atoms with Crippen LogP contribution in [0.1, 0.15) is 26.0 Å². The summed E-state index contributed by atoms with van der Waals surface area (Å²) in [4.78, 5) is 28.8. The molecule has 134 valence electrons. The lowest BCUT2D eigenvalue weighted by Gasteiger charge is -2.13. The van der Waals surface area contributed by atoms with Gasteiger partial charge in [-0.05, 0) is 36.3 Å². The second-order valence-electron chi connectivity index (χ2n) is 6.76. The van der Waals surface area contributed by atoms with Gasteiger partial charge in [0.2, 0.25) is 0 Å². The summed E-state index contributed by atoms with van der Waals surface area (Å²) in [5.41, 5.74) is 2.05. The van der Waals surface area contributed by atoms with E-state index in [-0.39, 0.29) is 11.1 Å². The smallest absolute Gasteiger partial charge is 0.312 e. The zero-order chi connectivity index (χ0) is 18.4. The first kappa shape index (κ1) is 16.8. The molecule has 26 heavy (non-hydrogen) atoms. The summed E-state index contributed by atoms with van der Waals surface area (Å²) in [6.07, 6.45) is 0.984. The Morgan fingerprint density at radius 1 is 1.27 bits per heavy atom. The van der Waals surface area contributed by atoms with Crippen LogP contribution in [-0.2, 0) is 6.54 Å². The minimum atomic E-state index is -0.141. The van der Waals surface area contributed by atoms with Gasteiger partial charge in [0.25, 0.3) is 5.56 Å². The van der Waals surface area contributed by atoms with Crippen molar-refractivity contribution in [3.05, 3.63) is 56.7 Å². The van der Waals surface area contributed by atoms with Crippen LogP contribution in [0.15, 0.2) is 39.9 Å². The highest BCUT2D eigenvalue weighted by molar-refractivity contribution is 7.20. The van der Waals surface area contributed by atoms with Crippen LogP contribution in [0.4, 0.5) is 0 Å². The number of nitrogens with one attached hydrogen (secondary N) is 2. The number of hydrogen-bond acceptors (Lipinski definition) is 3. The number of H-pyrrole nitrogens is 2. The predicted molar refractivity (Wildman–Crippen MR) is 104 cm³/mol. The monoisotopic (exact) mass is 369 g/mol. The Kier molecular flexibility index (Phi) is 4.03. The zero-order valence-electron chi connectivity index (χ0n) is 15.0. The first-order valence-electron chi connectivity index (χ1n) is 8.76. The first-order chi connectivity index (χ1) is 12.5. The molecule has 0 bridgehead atoms. The maximum atomic E-state index is 13.0. The van der Waals surface area contributed by atoms with Gasteiger partial charge in [0, 0.05) is 18.3 Å². The van der Waals surface area contributed by atoms with Crippen molar-refractivity contribution in [3.63, 3.8) is 0 Å². The number of rotatable bonds is 4. The molecule has 3 aromatic heterocycles. The van der Waals surface area contributed by atoms with E-state index in [0.29, 0.717) is 34.2 Å². The lowest BCUT2D eigenvalue weighted by Crippen LogP contribution is -2.26. The Bertz CT molecular complexity index is 1200. The largest absolute Gasteiger partial charge is 0.369 e. The summed E-state index contributed by atoms with van der Waals surface area (Å²) in [6, 6.07) is 9.43. The molecule has 0 saturated carbocycles. The van der Waals surface area contributed by atoms with Gasteiger partial charge in [0.15, 0.2) is 0 Å². The number of aromatic amines is 2. The van der Waals surface area contributed by atoms with Gasteiger partial charge in [-0.2, -0.15) is 0 Å². The lowest BCUT2D eigenvalue weighted by atomic mass is 10.1. The van der Waals surface area contributed by atoms with Crippen LogP contribution in [0, 0.1) is 12.8 Å². The van der Waals surface area contributed by atoms with Crippen molar-refractivity contribution >= 4 is 32.5 Å². The molecule has 0 saturated heterocycles. The van der Waals surface area contributed by atoms with Crippen molar-refractivity contribution in [1.82, 2.24) is 14.3 Å². The van der Waals surface area contributed by atoms with Crippen LogP contribution in [0.25, 0.3) is 26.3 Å². The summed E-state index contributed by atoms with van der Waals surface area (Å²) in [6.45, 7) is 6.68. The number of fused-ring (bicyclic) bond motifs is 2. The van der Waals surface area contributed by atoms with E-state index in [1.54, 1.807) is 4.57 Å². The van der Waals surface area contributed by atoms with Crippen LogP contribution in [0.2, 0.25) is 0 Å². The number of para-hydroxylation sites is 1. The molecule has 0 aliphatic heterocycles. The number of aromatic nitrogens is 4. The fourth-order valence-corrected chi connectivity index (χ4v) is 4.19. The highest BCUT2D eigenvalue weighted by atomic mass is 32.1. The van der Waals surface area contributed by atoms with E-state index in [0.717, 1.165) is 16.6 Å². The molecule has 0 radical (unpaired) electrons. The van der Waals surface area contributed by atoms with E-state index in [2.05, 4.69) is 23.9 Å². The minimum Gasteiger partial charge on any atom is -0.312 e. The summed E-state index contributed by atoms with van der Waals surface area (Å²) in [7, 11) is 0. The van der Waals surface area contributed by atoms with Crippen LogP contribution in [0.5, 0.6) is 0 Å². The zero-order valence-corrected chi connectivity index (χ0v) is 15.8. The molecule has 1 atom stereocenters. The van der Waals surface area contributed by atoms with Gasteiger partial charge in [0.05, 0.1) is 10.2 Å². The van der Waals surface area contributed by atoms with Gasteiger partial charge in [-0.1, -0.05) is 37.1 Å². The quantitative estimate of drug-likeness (QED) is 0.601. The van der Waals surface area contributed by atoms with Crippen LogP contribution >= 0.6 is 11.3 Å². The van der Waals surface area contributed by atoms with Crippen LogP contribution < -0.4 is 16.1 Å². The Morgan fingerprint density at radius 3 is 2.77 bits per heavy atom. The standard InChI is InChI=1S/C19H20N4O2S/c1-4-11(2)10-22-12(3)17-14(9-16(22)24)21-23(18(17)25)19-20-13-7-5-6-8-15(13)26-19/h5-9,11,21H,4,10H2,1-3H3/p+1/t11-/m0/s1. The van der Waals surface area contributed by atoms with Gasteiger partial charge in [0.1, 0.15) is 10.9 Å². The Hall–Kier alpha value is -2.67. The van der Waals surface area contributed by atoms with Crippen molar-refractivity contribution in [3.8, 4) is 5.13 Å². The fourth-order valence-electron chi connectivity index (χ4n) is 3.23. The maximum Gasteiger partial charge on any atom is 0.369 e. The molecule has 0 unspecified atom stereocenters. The highest BCUT2D eigenvalue weighted by Crippen LogP contribution is 2.21. The SMILES string of the molecule is CC[C@H](C)Cn1c(C)c2c(=O)n(-c3[nH+]c4ccccc4s3)[nH]c2cc1=O. The minimum absolute atomic E-state index is 0.0796. The normalized spacial score (nSPS) is 12.9. The van der Waals surface area contributed by atoms with Crippen LogP contribution in [-0.4, -0.2) is 14.3 Å². The highest BCUT2D eigenvalue weighted by Gasteiger charge is 2.22. The van der Waals surface area contributed by atoms with E-state index in [1.165, 1.54) is 22.1 Å². The van der Waals surface area contributed by atoms with Crippen molar-refractivity contribution in [2.45, 2.75) is 33.7 Å². The van der Waals surface area contributed by atoms with Crippen molar-refractivity contribution < 1.29 is 4.98 Å². The molecule has 6 nitrogen and oxygen atoms in total. The predicted octanol–water partition coefficient (Wildman–Crippen LogP) is 2.86. The van der Waals surface area contributed by atoms with Gasteiger partial charge in [-0.15, -0.1) is 0 Å². The number of thiazole rings is 1. The van der Waals surface area contributed by atoms with E-state index in [9.17, 15) is 9.59 Å². The molecule has 0 aliphatic rings.